The van der Waals surface area contributed by atoms with Crippen molar-refractivity contribution in [1.29, 1.82) is 0 Å². The fourth-order valence-corrected chi connectivity index (χ4v) is 3.35. The summed E-state index contributed by atoms with van der Waals surface area (Å²) < 4.78 is 6.53. The Labute approximate surface area is 144 Å². The molecular formula is C16H19N3O2S2. The minimum absolute atomic E-state index is 0.249. The number of amides is 1. The predicted octanol–water partition coefficient (Wildman–Crippen LogP) is 3.84. The second kappa shape index (κ2) is 8.12. The number of nitrogens with one attached hydrogen (secondary N) is 1. The molecule has 1 aromatic carbocycles. The Hall–Kier alpha value is -1.86. The molecule has 5 nitrogen and oxygen atoms in total. The van der Waals surface area contributed by atoms with Crippen LogP contribution in [0.25, 0.3) is 0 Å². The molecule has 122 valence electrons. The molecule has 2 rings (SSSR count). The molecule has 0 aliphatic carbocycles. The summed E-state index contributed by atoms with van der Waals surface area (Å²) in [5.41, 5.74) is 2.16. The summed E-state index contributed by atoms with van der Waals surface area (Å²) in [6, 6.07) is 5.86. The molecule has 0 unspecified atom stereocenters. The number of carbonyl (C=O) groups is 1. The highest BCUT2D eigenvalue weighted by Crippen LogP contribution is 2.26. The largest absolute Gasteiger partial charge is 0.481 e. The Kier molecular flexibility index (Phi) is 6.18. The average Bonchev–Trinajstić information content (AvgIpc) is 2.95. The van der Waals surface area contributed by atoms with Crippen molar-refractivity contribution in [2.45, 2.75) is 31.2 Å². The van der Waals surface area contributed by atoms with Crippen molar-refractivity contribution < 1.29 is 9.53 Å². The second-order valence-electron chi connectivity index (χ2n) is 4.99. The van der Waals surface area contributed by atoms with E-state index < -0.39 is 6.10 Å². The lowest BCUT2D eigenvalue weighted by Crippen LogP contribution is -2.30. The van der Waals surface area contributed by atoms with E-state index in [9.17, 15) is 4.79 Å². The molecular weight excluding hydrogens is 330 g/mol. The van der Waals surface area contributed by atoms with Crippen LogP contribution in [-0.4, -0.2) is 28.0 Å². The molecule has 0 bridgehead atoms. The lowest BCUT2D eigenvalue weighted by Gasteiger charge is -2.15. The van der Waals surface area contributed by atoms with Crippen LogP contribution in [0, 0.1) is 13.8 Å². The monoisotopic (exact) mass is 349 g/mol. The number of anilines is 1. The Morgan fingerprint density at radius 2 is 2.26 bits per heavy atom. The van der Waals surface area contributed by atoms with E-state index >= 15 is 0 Å². The number of aromatic nitrogens is 2. The van der Waals surface area contributed by atoms with Crippen LogP contribution in [0.3, 0.4) is 0 Å². The van der Waals surface area contributed by atoms with E-state index in [1.54, 1.807) is 13.0 Å². The molecule has 1 amide bonds. The Balaban J connectivity index is 1.94. The van der Waals surface area contributed by atoms with Crippen LogP contribution in [-0.2, 0) is 4.79 Å². The average molecular weight is 349 g/mol. The molecule has 1 heterocycles. The normalized spacial score (nSPS) is 11.8. The number of thioether (sulfide) groups is 1. The van der Waals surface area contributed by atoms with Gasteiger partial charge in [-0.05, 0) is 32.4 Å². The quantitative estimate of drug-likeness (QED) is 0.467. The van der Waals surface area contributed by atoms with E-state index in [-0.39, 0.29) is 5.91 Å². The van der Waals surface area contributed by atoms with E-state index in [4.69, 9.17) is 4.74 Å². The number of carbonyl (C=O) groups excluding carboxylic acids is 1. The van der Waals surface area contributed by atoms with Gasteiger partial charge in [-0.3, -0.25) is 10.1 Å². The van der Waals surface area contributed by atoms with Gasteiger partial charge in [0.2, 0.25) is 5.13 Å². The fourth-order valence-electron chi connectivity index (χ4n) is 1.83. The number of benzene rings is 1. The zero-order valence-electron chi connectivity index (χ0n) is 13.3. The summed E-state index contributed by atoms with van der Waals surface area (Å²) in [7, 11) is 0. The highest BCUT2D eigenvalue weighted by molar-refractivity contribution is 8.01. The summed E-state index contributed by atoms with van der Waals surface area (Å²) in [6.45, 7) is 9.34. The van der Waals surface area contributed by atoms with Gasteiger partial charge in [0, 0.05) is 5.75 Å². The van der Waals surface area contributed by atoms with Crippen LogP contribution in [0.15, 0.2) is 35.2 Å². The maximum Gasteiger partial charge on any atom is 0.266 e. The van der Waals surface area contributed by atoms with E-state index in [1.165, 1.54) is 23.1 Å². The van der Waals surface area contributed by atoms with Crippen molar-refractivity contribution in [2.75, 3.05) is 11.1 Å². The molecule has 0 aliphatic heterocycles. The maximum absolute atomic E-state index is 12.2. The van der Waals surface area contributed by atoms with Gasteiger partial charge in [-0.15, -0.1) is 16.8 Å². The van der Waals surface area contributed by atoms with Gasteiger partial charge in [0.1, 0.15) is 5.75 Å². The van der Waals surface area contributed by atoms with Gasteiger partial charge in [0.25, 0.3) is 5.91 Å². The van der Waals surface area contributed by atoms with Crippen LogP contribution in [0.2, 0.25) is 0 Å². The Morgan fingerprint density at radius 1 is 1.48 bits per heavy atom. The number of aryl methyl sites for hydroxylation is 2. The first-order valence-corrected chi connectivity index (χ1v) is 8.91. The molecule has 0 saturated carbocycles. The van der Waals surface area contributed by atoms with Crippen molar-refractivity contribution >= 4 is 34.1 Å². The molecule has 23 heavy (non-hydrogen) atoms. The topological polar surface area (TPSA) is 64.1 Å². The van der Waals surface area contributed by atoms with Gasteiger partial charge in [0.05, 0.1) is 0 Å². The summed E-state index contributed by atoms with van der Waals surface area (Å²) in [5, 5.41) is 11.2. The standard InChI is InChI=1S/C16H19N3O2S2/c1-5-8-22-16-19-18-15(23-16)17-14(20)12(4)21-13-7-6-10(2)9-11(13)3/h5-7,9,12H,1,8H2,2-4H3,(H,17,18,20)/t12-/m1/s1. The van der Waals surface area contributed by atoms with Gasteiger partial charge in [0.15, 0.2) is 10.4 Å². The van der Waals surface area contributed by atoms with Gasteiger partial charge in [-0.1, -0.05) is 46.9 Å². The summed E-state index contributed by atoms with van der Waals surface area (Å²) in [6.07, 6.45) is 1.18. The minimum Gasteiger partial charge on any atom is -0.481 e. The van der Waals surface area contributed by atoms with Crippen LogP contribution in [0.5, 0.6) is 5.75 Å². The zero-order valence-corrected chi connectivity index (χ0v) is 15.0. The highest BCUT2D eigenvalue weighted by atomic mass is 32.2. The van der Waals surface area contributed by atoms with Gasteiger partial charge < -0.3 is 4.74 Å². The molecule has 1 N–H and O–H groups in total. The van der Waals surface area contributed by atoms with Gasteiger partial charge >= 0.3 is 0 Å². The maximum atomic E-state index is 12.2. The number of rotatable bonds is 7. The summed E-state index contributed by atoms with van der Waals surface area (Å²) in [4.78, 5) is 12.2. The zero-order chi connectivity index (χ0) is 16.8. The molecule has 0 radical (unpaired) electrons. The molecule has 7 heteroatoms. The highest BCUT2D eigenvalue weighted by Gasteiger charge is 2.17. The third kappa shape index (κ3) is 5.07. The molecule has 1 atom stereocenters. The first kappa shape index (κ1) is 17.5. The molecule has 0 fully saturated rings. The first-order chi connectivity index (χ1) is 11.0. The number of ether oxygens (including phenoxy) is 1. The van der Waals surface area contributed by atoms with Crippen molar-refractivity contribution in [3.05, 3.63) is 42.0 Å². The van der Waals surface area contributed by atoms with Crippen molar-refractivity contribution in [2.24, 2.45) is 0 Å². The third-order valence-electron chi connectivity index (χ3n) is 2.96. The van der Waals surface area contributed by atoms with Crippen LogP contribution in [0.1, 0.15) is 18.1 Å². The Morgan fingerprint density at radius 3 is 2.96 bits per heavy atom. The van der Waals surface area contributed by atoms with E-state index in [2.05, 4.69) is 22.1 Å². The number of nitrogens with zero attached hydrogens (tertiary/aromatic N) is 2. The Bertz CT molecular complexity index is 700. The number of hydrogen-bond acceptors (Lipinski definition) is 6. The predicted molar refractivity (Wildman–Crippen MR) is 95.5 cm³/mol. The van der Waals surface area contributed by atoms with Gasteiger partial charge in [-0.2, -0.15) is 0 Å². The molecule has 0 aliphatic rings. The summed E-state index contributed by atoms with van der Waals surface area (Å²) >= 11 is 2.86. The lowest BCUT2D eigenvalue weighted by molar-refractivity contribution is -0.122. The number of hydrogen-bond donors (Lipinski definition) is 1. The third-order valence-corrected chi connectivity index (χ3v) is 4.93. The van der Waals surface area contributed by atoms with Gasteiger partial charge in [-0.25, -0.2) is 0 Å². The molecule has 2 aromatic rings. The van der Waals surface area contributed by atoms with Crippen LogP contribution < -0.4 is 10.1 Å². The van der Waals surface area contributed by atoms with Crippen LogP contribution >= 0.6 is 23.1 Å². The summed E-state index contributed by atoms with van der Waals surface area (Å²) in [5.74, 6) is 1.22. The minimum atomic E-state index is -0.621. The second-order valence-corrected chi connectivity index (χ2v) is 7.24. The SMILES string of the molecule is C=CCSc1nnc(NC(=O)[C@@H](C)Oc2ccc(C)cc2C)s1. The van der Waals surface area contributed by atoms with Crippen molar-refractivity contribution in [3.63, 3.8) is 0 Å². The molecule has 0 spiro atoms. The lowest BCUT2D eigenvalue weighted by atomic mass is 10.1. The van der Waals surface area contributed by atoms with Crippen molar-refractivity contribution in [1.82, 2.24) is 10.2 Å². The van der Waals surface area contributed by atoms with Crippen molar-refractivity contribution in [3.8, 4) is 5.75 Å². The van der Waals surface area contributed by atoms with Crippen LogP contribution in [0.4, 0.5) is 5.13 Å². The van der Waals surface area contributed by atoms with E-state index in [0.717, 1.165) is 21.2 Å². The smallest absolute Gasteiger partial charge is 0.266 e. The molecule has 1 aromatic heterocycles. The first-order valence-electron chi connectivity index (χ1n) is 7.11. The molecule has 0 saturated heterocycles. The van der Waals surface area contributed by atoms with E-state index in [0.29, 0.717) is 10.9 Å². The van der Waals surface area contributed by atoms with E-state index in [1.807, 2.05) is 32.0 Å². The fraction of sp³-hybridized carbons (Fsp3) is 0.312.